The van der Waals surface area contributed by atoms with Gasteiger partial charge in [-0.3, -0.25) is 0 Å². The number of hydrazone groups is 1. The second-order valence-corrected chi connectivity index (χ2v) is 8.16. The maximum absolute atomic E-state index is 14.3. The van der Waals surface area contributed by atoms with Crippen molar-refractivity contribution in [1.29, 1.82) is 5.26 Å². The van der Waals surface area contributed by atoms with Crippen LogP contribution in [0.4, 0.5) is 19.5 Å². The van der Waals surface area contributed by atoms with Gasteiger partial charge in [0.1, 0.15) is 17.2 Å². The van der Waals surface area contributed by atoms with Gasteiger partial charge < -0.3 is 9.80 Å². The number of halogens is 2. The number of benzene rings is 1. The lowest BCUT2D eigenvalue weighted by molar-refractivity contribution is 0.139. The second kappa shape index (κ2) is 9.05. The highest BCUT2D eigenvalue weighted by Gasteiger charge is 2.34. The minimum Gasteiger partial charge on any atom is -0.337 e. The Hall–Kier alpha value is -4.47. The number of H-pyrrole nitrogens is 1. The van der Waals surface area contributed by atoms with Crippen LogP contribution in [0, 0.1) is 29.9 Å². The highest BCUT2D eigenvalue weighted by atomic mass is 19.1. The van der Waals surface area contributed by atoms with E-state index in [1.807, 2.05) is 11.0 Å². The first-order valence-electron chi connectivity index (χ1n) is 10.9. The predicted molar refractivity (Wildman–Crippen MR) is 120 cm³/mol. The van der Waals surface area contributed by atoms with E-state index >= 15 is 0 Å². The largest absolute Gasteiger partial charge is 0.341 e. The van der Waals surface area contributed by atoms with Gasteiger partial charge in [-0.15, -0.1) is 0 Å². The van der Waals surface area contributed by atoms with E-state index in [0.717, 1.165) is 12.3 Å². The Morgan fingerprint density at radius 3 is 2.66 bits per heavy atom. The number of nitriles is 1. The van der Waals surface area contributed by atoms with E-state index in [9.17, 15) is 13.6 Å². The molecule has 0 aliphatic carbocycles. The number of carbonyl (C=O) groups is 1. The van der Waals surface area contributed by atoms with Gasteiger partial charge in [0.25, 0.3) is 0 Å². The Labute approximate surface area is 198 Å². The summed E-state index contributed by atoms with van der Waals surface area (Å²) >= 11 is 0. The summed E-state index contributed by atoms with van der Waals surface area (Å²) in [6.45, 7) is 3.28. The molecule has 2 aliphatic heterocycles. The molecule has 0 spiro atoms. The van der Waals surface area contributed by atoms with Gasteiger partial charge >= 0.3 is 6.03 Å². The molecule has 1 unspecified atom stereocenters. The topological polar surface area (TPSA) is 130 Å². The fourth-order valence-corrected chi connectivity index (χ4v) is 4.17. The molecule has 0 radical (unpaired) electrons. The molecule has 1 N–H and O–H groups in total. The maximum Gasteiger partial charge on any atom is 0.341 e. The number of anilines is 1. The van der Waals surface area contributed by atoms with Crippen LogP contribution in [-0.4, -0.2) is 73.7 Å². The number of carbonyl (C=O) groups excluding carboxylic acids is 1. The van der Waals surface area contributed by atoms with Crippen LogP contribution in [0.2, 0.25) is 0 Å². The Morgan fingerprint density at radius 1 is 1.14 bits per heavy atom. The van der Waals surface area contributed by atoms with Crippen LogP contribution >= 0.6 is 0 Å². The summed E-state index contributed by atoms with van der Waals surface area (Å²) in [6, 6.07) is 5.17. The molecule has 35 heavy (non-hydrogen) atoms. The first-order chi connectivity index (χ1) is 16.9. The van der Waals surface area contributed by atoms with E-state index in [1.165, 1.54) is 11.1 Å². The van der Waals surface area contributed by atoms with Gasteiger partial charge in [-0.2, -0.15) is 25.8 Å². The van der Waals surface area contributed by atoms with E-state index in [1.54, 1.807) is 24.1 Å². The van der Waals surface area contributed by atoms with Crippen molar-refractivity contribution >= 4 is 18.2 Å². The lowest BCUT2D eigenvalue weighted by Gasteiger charge is -2.37. The number of amides is 2. The molecule has 1 atom stereocenters. The highest BCUT2D eigenvalue weighted by molar-refractivity contribution is 5.79. The fourth-order valence-electron chi connectivity index (χ4n) is 4.17. The SMILES string of the molecule is Cc1n[nH]nc1-c1nc(N2CCN(C(=O)N3N=CCC3c3cc(F)cc(C#N)c3)CC2)ncc1F. The van der Waals surface area contributed by atoms with E-state index in [2.05, 4.69) is 30.5 Å². The van der Waals surface area contributed by atoms with Crippen LogP contribution in [0.15, 0.2) is 29.5 Å². The van der Waals surface area contributed by atoms with E-state index < -0.39 is 17.7 Å². The summed E-state index contributed by atoms with van der Waals surface area (Å²) < 4.78 is 28.3. The third-order valence-corrected chi connectivity index (χ3v) is 5.97. The number of aromatic nitrogens is 5. The predicted octanol–water partition coefficient (Wildman–Crippen LogP) is 2.39. The highest BCUT2D eigenvalue weighted by Crippen LogP contribution is 2.31. The molecule has 4 heterocycles. The molecule has 11 nitrogen and oxygen atoms in total. The van der Waals surface area contributed by atoms with Crippen molar-refractivity contribution in [3.05, 3.63) is 52.9 Å². The molecule has 1 aromatic carbocycles. The van der Waals surface area contributed by atoms with Gasteiger partial charge in [0.05, 0.1) is 29.6 Å². The number of rotatable bonds is 3. The minimum atomic E-state index is -0.602. The summed E-state index contributed by atoms with van der Waals surface area (Å²) in [5.74, 6) is -0.808. The average Bonchev–Trinajstić information content (AvgIpc) is 3.53. The lowest BCUT2D eigenvalue weighted by atomic mass is 10.0. The monoisotopic (exact) mass is 478 g/mol. The molecular formula is C22H20F2N10O. The number of piperazine rings is 1. The number of hydrogen-bond acceptors (Lipinski definition) is 8. The van der Waals surface area contributed by atoms with Crippen molar-refractivity contribution in [3.63, 3.8) is 0 Å². The summed E-state index contributed by atoms with van der Waals surface area (Å²) in [6.07, 6.45) is 3.13. The van der Waals surface area contributed by atoms with Crippen molar-refractivity contribution in [2.24, 2.45) is 5.10 Å². The van der Waals surface area contributed by atoms with Gasteiger partial charge in [0, 0.05) is 38.8 Å². The fraction of sp³-hybridized carbons (Fsp3) is 0.318. The van der Waals surface area contributed by atoms with Crippen molar-refractivity contribution in [1.82, 2.24) is 35.3 Å². The molecule has 2 aromatic heterocycles. The second-order valence-electron chi connectivity index (χ2n) is 8.16. The Morgan fingerprint density at radius 2 is 1.94 bits per heavy atom. The van der Waals surface area contributed by atoms with Gasteiger partial charge in [-0.1, -0.05) is 0 Å². The first-order valence-corrected chi connectivity index (χ1v) is 10.9. The van der Waals surface area contributed by atoms with Crippen LogP contribution in [0.5, 0.6) is 0 Å². The molecule has 1 fully saturated rings. The zero-order valence-electron chi connectivity index (χ0n) is 18.7. The van der Waals surface area contributed by atoms with Crippen molar-refractivity contribution in [2.45, 2.75) is 19.4 Å². The van der Waals surface area contributed by atoms with Crippen LogP contribution in [-0.2, 0) is 0 Å². The van der Waals surface area contributed by atoms with E-state index in [4.69, 9.17) is 5.26 Å². The number of hydrogen-bond donors (Lipinski definition) is 1. The van der Waals surface area contributed by atoms with Crippen molar-refractivity contribution < 1.29 is 13.6 Å². The molecule has 178 valence electrons. The Balaban J connectivity index is 1.28. The van der Waals surface area contributed by atoms with Gasteiger partial charge in [0.2, 0.25) is 5.95 Å². The Bertz CT molecular complexity index is 1340. The molecule has 2 aliphatic rings. The van der Waals surface area contributed by atoms with Gasteiger partial charge in [0.15, 0.2) is 5.82 Å². The molecule has 1 saturated heterocycles. The molecular weight excluding hydrogens is 458 g/mol. The van der Waals surface area contributed by atoms with Crippen LogP contribution < -0.4 is 4.90 Å². The zero-order chi connectivity index (χ0) is 24.5. The average molecular weight is 478 g/mol. The first kappa shape index (κ1) is 22.3. The third-order valence-electron chi connectivity index (χ3n) is 5.97. The zero-order valence-corrected chi connectivity index (χ0v) is 18.7. The number of nitrogens with zero attached hydrogens (tertiary/aromatic N) is 9. The quantitative estimate of drug-likeness (QED) is 0.612. The molecule has 13 heteroatoms. The normalized spacial score (nSPS) is 17.7. The van der Waals surface area contributed by atoms with Crippen LogP contribution in [0.25, 0.3) is 11.4 Å². The van der Waals surface area contributed by atoms with Crippen molar-refractivity contribution in [2.75, 3.05) is 31.1 Å². The standard InChI is InChI=1S/C22H20F2N10O/c1-13-19(30-31-29-13)20-17(24)12-26-21(28-20)32-4-6-33(7-5-32)22(35)34-18(2-3-27-34)15-8-14(11-25)9-16(23)10-15/h3,8-10,12,18H,2,4-7H2,1H3,(H,29,30,31). The summed E-state index contributed by atoms with van der Waals surface area (Å²) in [5.41, 5.74) is 1.59. The van der Waals surface area contributed by atoms with Crippen LogP contribution in [0.3, 0.4) is 0 Å². The van der Waals surface area contributed by atoms with Crippen LogP contribution in [0.1, 0.15) is 29.3 Å². The maximum atomic E-state index is 14.3. The molecule has 0 saturated carbocycles. The molecule has 0 bridgehead atoms. The number of aryl methyl sites for hydroxylation is 1. The van der Waals surface area contributed by atoms with Crippen molar-refractivity contribution in [3.8, 4) is 17.5 Å². The van der Waals surface area contributed by atoms with E-state index in [0.29, 0.717) is 55.5 Å². The summed E-state index contributed by atoms with van der Waals surface area (Å²) in [5, 5.41) is 25.0. The number of urea groups is 1. The van der Waals surface area contributed by atoms with E-state index in [-0.39, 0.29) is 17.3 Å². The molecule has 5 rings (SSSR count). The third kappa shape index (κ3) is 4.25. The van der Waals surface area contributed by atoms with Gasteiger partial charge in [-0.25, -0.2) is 28.6 Å². The van der Waals surface area contributed by atoms with Gasteiger partial charge in [-0.05, 0) is 30.7 Å². The summed E-state index contributed by atoms with van der Waals surface area (Å²) in [4.78, 5) is 25.2. The number of nitrogens with one attached hydrogen (secondary N) is 1. The smallest absolute Gasteiger partial charge is 0.337 e. The molecule has 2 amide bonds. The Kier molecular flexibility index (Phi) is 5.77. The summed E-state index contributed by atoms with van der Waals surface area (Å²) in [7, 11) is 0. The number of aromatic amines is 1. The lowest BCUT2D eigenvalue weighted by Crippen LogP contribution is -2.52. The minimum absolute atomic E-state index is 0.0563. The molecule has 3 aromatic rings.